The van der Waals surface area contributed by atoms with Gasteiger partial charge in [-0.15, -0.1) is 6.58 Å². The minimum absolute atomic E-state index is 0. The predicted molar refractivity (Wildman–Crippen MR) is 30.7 cm³/mol. The average Bonchev–Trinajstić information content (AvgIpc) is 1.19. The van der Waals surface area contributed by atoms with Gasteiger partial charge < -0.3 is 17.3 Å². The van der Waals surface area contributed by atoms with Crippen LogP contribution in [0.1, 0.15) is 13.8 Å². The van der Waals surface area contributed by atoms with Gasteiger partial charge in [-0.25, -0.2) is 0 Å². The summed E-state index contributed by atoms with van der Waals surface area (Å²) in [5, 5.41) is 0. The van der Waals surface area contributed by atoms with Crippen LogP contribution in [0.2, 0.25) is 0 Å². The van der Waals surface area contributed by atoms with E-state index in [-0.39, 0.29) is 51.4 Å². The van der Waals surface area contributed by atoms with Crippen molar-refractivity contribution in [1.29, 1.82) is 0 Å². The van der Waals surface area contributed by atoms with E-state index in [1.165, 1.54) is 5.57 Å². The molecule has 0 aromatic heterocycles. The number of hydrogen-bond donors (Lipinski definition) is 0. The maximum atomic E-state index is 9.75. The van der Waals surface area contributed by atoms with Crippen LogP contribution < -0.4 is 51.4 Å². The van der Waals surface area contributed by atoms with Gasteiger partial charge in [0.05, 0.1) is 0 Å². The summed E-state index contributed by atoms with van der Waals surface area (Å²) < 4.78 is 39.0. The molecule has 0 aromatic rings. The van der Waals surface area contributed by atoms with Gasteiger partial charge in [0.1, 0.15) is 0 Å². The number of allylic oxidation sites excluding steroid dienone is 1. The summed E-state index contributed by atoms with van der Waals surface area (Å²) in [6.07, 6.45) is 0. The zero-order valence-electron chi connectivity index (χ0n) is 6.30. The Kier molecular flexibility index (Phi) is 14.3. The summed E-state index contributed by atoms with van der Waals surface area (Å²) in [6.45, 7) is 7.50. The molecule has 0 aliphatic carbocycles. The second kappa shape index (κ2) is 8.26. The van der Waals surface area contributed by atoms with Gasteiger partial charge >= 0.3 is 58.6 Å². The first-order valence-corrected chi connectivity index (χ1v) is 2.23. The van der Waals surface area contributed by atoms with Crippen molar-refractivity contribution in [1.82, 2.24) is 0 Å². The Balaban J connectivity index is -0.0000000910. The van der Waals surface area contributed by atoms with E-state index < -0.39 is 7.25 Å². The van der Waals surface area contributed by atoms with Crippen LogP contribution >= 0.6 is 0 Å². The summed E-state index contributed by atoms with van der Waals surface area (Å²) >= 11 is 0. The van der Waals surface area contributed by atoms with Crippen LogP contribution in [-0.4, -0.2) is 7.25 Å². The minimum atomic E-state index is -6.00. The zero-order chi connectivity index (χ0) is 8.08. The van der Waals surface area contributed by atoms with E-state index in [2.05, 4.69) is 6.58 Å². The van der Waals surface area contributed by atoms with E-state index in [1.54, 1.807) is 0 Å². The number of rotatable bonds is 0. The first-order chi connectivity index (χ1) is 3.73. The number of halogens is 4. The second-order valence-corrected chi connectivity index (χ2v) is 1.70. The van der Waals surface area contributed by atoms with E-state index in [0.717, 1.165) is 0 Å². The van der Waals surface area contributed by atoms with Crippen LogP contribution in [0.4, 0.5) is 17.3 Å². The van der Waals surface area contributed by atoms with Crippen molar-refractivity contribution in [3.8, 4) is 0 Å². The molecule has 0 aliphatic rings. The fourth-order valence-corrected chi connectivity index (χ4v) is 0. The van der Waals surface area contributed by atoms with Gasteiger partial charge in [0, 0.05) is 0 Å². The molecular weight excluding hydrogens is 174 g/mol. The molecule has 0 radical (unpaired) electrons. The van der Waals surface area contributed by atoms with Crippen LogP contribution in [0.5, 0.6) is 0 Å². The third-order valence-corrected chi connectivity index (χ3v) is 0. The topological polar surface area (TPSA) is 0 Å². The molecule has 56 valence electrons. The second-order valence-electron chi connectivity index (χ2n) is 1.70. The van der Waals surface area contributed by atoms with Crippen molar-refractivity contribution in [3.05, 3.63) is 12.2 Å². The van der Waals surface area contributed by atoms with Crippen LogP contribution in [0.25, 0.3) is 0 Å². The summed E-state index contributed by atoms with van der Waals surface area (Å²) in [4.78, 5) is 0. The third kappa shape index (κ3) is 452. The molecule has 0 amide bonds. The van der Waals surface area contributed by atoms with E-state index in [0.29, 0.717) is 0 Å². The first-order valence-electron chi connectivity index (χ1n) is 2.23. The molecule has 0 unspecified atom stereocenters. The largest absolute Gasteiger partial charge is 1.00 e. The molecule has 0 rings (SSSR count). The molecule has 0 bridgehead atoms. The van der Waals surface area contributed by atoms with Crippen molar-refractivity contribution in [2.45, 2.75) is 13.8 Å². The molecule has 0 N–H and O–H groups in total. The Bertz CT molecular complexity index is 79.7. The van der Waals surface area contributed by atoms with Crippen LogP contribution in [0.3, 0.4) is 0 Å². The van der Waals surface area contributed by atoms with Gasteiger partial charge in [-0.3, -0.25) is 0 Å². The van der Waals surface area contributed by atoms with Crippen molar-refractivity contribution in [3.63, 3.8) is 0 Å². The molecule has 0 fully saturated rings. The molecule has 0 atom stereocenters. The zero-order valence-corrected chi connectivity index (χ0v) is 9.42. The van der Waals surface area contributed by atoms with Crippen molar-refractivity contribution in [2.75, 3.05) is 0 Å². The molecule has 10 heavy (non-hydrogen) atoms. The molecule has 0 spiro atoms. The fourth-order valence-electron chi connectivity index (χ4n) is 0. The van der Waals surface area contributed by atoms with Gasteiger partial charge in [-0.1, -0.05) is 5.57 Å². The molecule has 0 nitrogen and oxygen atoms in total. The third-order valence-electron chi connectivity index (χ3n) is 0. The average molecular weight is 182 g/mol. The monoisotopic (exact) mass is 182 g/mol. The normalized spacial score (nSPS) is 8.60. The molecule has 0 saturated heterocycles. The van der Waals surface area contributed by atoms with E-state index >= 15 is 0 Å². The number of hydrogen-bond acceptors (Lipinski definition) is 0. The Morgan fingerprint density at radius 3 is 1.10 bits per heavy atom. The molecule has 6 heteroatoms. The van der Waals surface area contributed by atoms with Gasteiger partial charge in [0.25, 0.3) is 0 Å². The Morgan fingerprint density at radius 2 is 1.10 bits per heavy atom. The van der Waals surface area contributed by atoms with Crippen molar-refractivity contribution >= 4 is 7.25 Å². The van der Waals surface area contributed by atoms with Crippen LogP contribution in [0.15, 0.2) is 12.2 Å². The van der Waals surface area contributed by atoms with Crippen LogP contribution in [0, 0.1) is 0 Å². The van der Waals surface area contributed by atoms with Gasteiger partial charge in [0.15, 0.2) is 0 Å². The molecular formula is C4H8BF4K. The summed E-state index contributed by atoms with van der Waals surface area (Å²) in [5.74, 6) is 0. The Labute approximate surface area is 101 Å². The van der Waals surface area contributed by atoms with Crippen molar-refractivity contribution < 1.29 is 68.6 Å². The minimum Gasteiger partial charge on any atom is -0.418 e. The maximum Gasteiger partial charge on any atom is 1.00 e. The summed E-state index contributed by atoms with van der Waals surface area (Å²) in [7, 11) is -6.00. The molecule has 0 aromatic carbocycles. The van der Waals surface area contributed by atoms with Crippen LogP contribution in [-0.2, 0) is 0 Å². The van der Waals surface area contributed by atoms with Gasteiger partial charge in [0.2, 0.25) is 0 Å². The summed E-state index contributed by atoms with van der Waals surface area (Å²) in [6, 6.07) is 0. The Hall–Kier alpha value is 1.16. The van der Waals surface area contributed by atoms with E-state index in [9.17, 15) is 17.3 Å². The standard InChI is InChI=1S/C4H8.BF4.K/c1-4(2)3;2-1(3,4)5;/h1H2,2-3H3;;/q;-1;+1. The predicted octanol–water partition coefficient (Wildman–Crippen LogP) is -0.114. The Morgan fingerprint density at radius 1 is 1.10 bits per heavy atom. The fraction of sp³-hybridized carbons (Fsp3) is 0.500. The SMILES string of the molecule is C=C(C)C.F[B-](F)(F)F.[K+]. The molecule has 0 aliphatic heterocycles. The van der Waals surface area contributed by atoms with Gasteiger partial charge in [-0.2, -0.15) is 0 Å². The van der Waals surface area contributed by atoms with E-state index in [1.807, 2.05) is 13.8 Å². The smallest absolute Gasteiger partial charge is 0.418 e. The van der Waals surface area contributed by atoms with Crippen molar-refractivity contribution in [2.24, 2.45) is 0 Å². The van der Waals surface area contributed by atoms with Gasteiger partial charge in [-0.05, 0) is 13.8 Å². The maximum absolute atomic E-state index is 9.75. The first kappa shape index (κ1) is 17.3. The van der Waals surface area contributed by atoms with E-state index in [4.69, 9.17) is 0 Å². The molecule has 0 saturated carbocycles. The molecule has 0 heterocycles. The summed E-state index contributed by atoms with van der Waals surface area (Å²) in [5.41, 5.74) is 1.17. The quantitative estimate of drug-likeness (QED) is 0.278.